The number of piperidine rings is 1. The molecule has 1 N–H and O–H groups in total. The summed E-state index contributed by atoms with van der Waals surface area (Å²) in [4.78, 5) is 26.1. The number of fused-ring (bicyclic) bond motifs is 2. The number of H-pyrrole nitrogens is 1. The van der Waals surface area contributed by atoms with Gasteiger partial charge in [0.05, 0.1) is 17.5 Å². The van der Waals surface area contributed by atoms with Crippen molar-refractivity contribution >= 4 is 22.3 Å². The molecule has 0 saturated carbocycles. The van der Waals surface area contributed by atoms with Gasteiger partial charge in [-0.05, 0) is 81.9 Å². The van der Waals surface area contributed by atoms with Crippen molar-refractivity contribution in [3.05, 3.63) is 71.9 Å². The molecule has 0 aliphatic carbocycles. The van der Waals surface area contributed by atoms with Crippen LogP contribution in [0.4, 0.5) is 0 Å². The van der Waals surface area contributed by atoms with Gasteiger partial charge < -0.3 is 19.2 Å². The summed E-state index contributed by atoms with van der Waals surface area (Å²) < 4.78 is 2.13. The lowest BCUT2D eigenvalue weighted by Gasteiger charge is -2.33. The van der Waals surface area contributed by atoms with Crippen molar-refractivity contribution in [2.45, 2.75) is 51.0 Å². The molecule has 6 heteroatoms. The Kier molecular flexibility index (Phi) is 5.61. The van der Waals surface area contributed by atoms with E-state index in [1.54, 1.807) is 0 Å². The molecular formula is C28H33N5O. The van der Waals surface area contributed by atoms with E-state index in [4.69, 9.17) is 4.98 Å². The molecule has 4 aromatic rings. The molecule has 6 nitrogen and oxygen atoms in total. The molecule has 0 radical (unpaired) electrons. The zero-order chi connectivity index (χ0) is 23.1. The summed E-state index contributed by atoms with van der Waals surface area (Å²) >= 11 is 0. The van der Waals surface area contributed by atoms with Crippen LogP contribution in [-0.4, -0.2) is 62.3 Å². The Morgan fingerprint density at radius 1 is 1.09 bits per heavy atom. The molecule has 1 unspecified atom stereocenters. The fourth-order valence-electron chi connectivity index (χ4n) is 5.95. The molecule has 5 heterocycles. The van der Waals surface area contributed by atoms with Gasteiger partial charge >= 0.3 is 0 Å². The normalized spacial score (nSPS) is 20.0. The quantitative estimate of drug-likeness (QED) is 0.461. The van der Waals surface area contributed by atoms with Gasteiger partial charge in [-0.25, -0.2) is 4.98 Å². The minimum absolute atomic E-state index is 0.154. The Hall–Kier alpha value is -3.12. The zero-order valence-electron chi connectivity index (χ0n) is 19.9. The molecule has 1 amide bonds. The van der Waals surface area contributed by atoms with Gasteiger partial charge in [0, 0.05) is 42.1 Å². The van der Waals surface area contributed by atoms with Crippen LogP contribution >= 0.6 is 0 Å². The fraction of sp³-hybridized carbons (Fsp3) is 0.429. The first-order chi connectivity index (χ1) is 16.7. The monoisotopic (exact) mass is 455 g/mol. The van der Waals surface area contributed by atoms with E-state index in [2.05, 4.69) is 68.7 Å². The van der Waals surface area contributed by atoms with Crippen molar-refractivity contribution in [2.75, 3.05) is 26.2 Å². The van der Waals surface area contributed by atoms with Gasteiger partial charge in [0.25, 0.3) is 5.91 Å². The van der Waals surface area contributed by atoms with Crippen molar-refractivity contribution in [3.8, 4) is 0 Å². The van der Waals surface area contributed by atoms with E-state index in [-0.39, 0.29) is 5.91 Å². The molecule has 34 heavy (non-hydrogen) atoms. The Labute approximate surface area is 200 Å². The molecule has 3 aromatic heterocycles. The Bertz CT molecular complexity index is 1310. The Morgan fingerprint density at radius 2 is 1.97 bits per heavy atom. The van der Waals surface area contributed by atoms with Crippen LogP contribution in [0.1, 0.15) is 59.8 Å². The number of rotatable bonds is 5. The topological polar surface area (TPSA) is 56.6 Å². The number of hydrogen-bond donors (Lipinski definition) is 1. The molecule has 2 aliphatic rings. The van der Waals surface area contributed by atoms with E-state index >= 15 is 0 Å². The first kappa shape index (κ1) is 21.4. The van der Waals surface area contributed by atoms with Crippen molar-refractivity contribution in [1.29, 1.82) is 0 Å². The molecule has 2 saturated heterocycles. The van der Waals surface area contributed by atoms with Crippen LogP contribution in [0.15, 0.2) is 55.0 Å². The highest BCUT2D eigenvalue weighted by Crippen LogP contribution is 2.31. The summed E-state index contributed by atoms with van der Waals surface area (Å²) in [5.41, 5.74) is 5.47. The third-order valence-corrected chi connectivity index (χ3v) is 7.87. The average molecular weight is 456 g/mol. The minimum atomic E-state index is 0.154. The number of carbonyl (C=O) groups is 1. The second-order valence-electron chi connectivity index (χ2n) is 10.1. The van der Waals surface area contributed by atoms with Crippen LogP contribution in [0.25, 0.3) is 16.4 Å². The van der Waals surface area contributed by atoms with Gasteiger partial charge in [-0.1, -0.05) is 18.2 Å². The number of nitrogens with zero attached hydrogens (tertiary/aromatic N) is 4. The highest BCUT2D eigenvalue weighted by Gasteiger charge is 2.31. The lowest BCUT2D eigenvalue weighted by atomic mass is 9.92. The van der Waals surface area contributed by atoms with E-state index in [9.17, 15) is 4.79 Å². The zero-order valence-corrected chi connectivity index (χ0v) is 19.9. The van der Waals surface area contributed by atoms with E-state index in [1.807, 2.05) is 12.4 Å². The van der Waals surface area contributed by atoms with E-state index in [0.29, 0.717) is 12.0 Å². The summed E-state index contributed by atoms with van der Waals surface area (Å²) in [5.74, 6) is 0.695. The maximum absolute atomic E-state index is 13.3. The highest BCUT2D eigenvalue weighted by molar-refractivity contribution is 5.98. The third-order valence-electron chi connectivity index (χ3n) is 7.87. The lowest BCUT2D eigenvalue weighted by molar-refractivity contribution is 0.0712. The van der Waals surface area contributed by atoms with Crippen LogP contribution in [0.3, 0.4) is 0 Å². The van der Waals surface area contributed by atoms with Crippen LogP contribution in [-0.2, 0) is 0 Å². The predicted octanol–water partition coefficient (Wildman–Crippen LogP) is 5.00. The summed E-state index contributed by atoms with van der Waals surface area (Å²) in [6.07, 6.45) is 9.60. The Balaban J connectivity index is 1.05. The molecule has 2 fully saturated rings. The van der Waals surface area contributed by atoms with Crippen molar-refractivity contribution in [2.24, 2.45) is 0 Å². The second-order valence-corrected chi connectivity index (χ2v) is 10.1. The van der Waals surface area contributed by atoms with Crippen LogP contribution < -0.4 is 0 Å². The van der Waals surface area contributed by atoms with Crippen LogP contribution in [0, 0.1) is 6.92 Å². The number of carbonyl (C=O) groups excluding carboxylic acids is 1. The molecule has 1 atom stereocenters. The number of benzene rings is 1. The van der Waals surface area contributed by atoms with E-state index in [1.165, 1.54) is 16.8 Å². The van der Waals surface area contributed by atoms with Gasteiger partial charge in [-0.15, -0.1) is 0 Å². The lowest BCUT2D eigenvalue weighted by Crippen LogP contribution is -2.40. The highest BCUT2D eigenvalue weighted by atomic mass is 16.2. The summed E-state index contributed by atoms with van der Waals surface area (Å²) in [7, 11) is 0. The Morgan fingerprint density at radius 3 is 2.85 bits per heavy atom. The largest absolute Gasteiger partial charge is 0.351 e. The maximum Gasteiger partial charge on any atom is 0.270 e. The third kappa shape index (κ3) is 4.00. The van der Waals surface area contributed by atoms with Crippen LogP contribution in [0.5, 0.6) is 0 Å². The molecule has 6 rings (SSSR count). The smallest absolute Gasteiger partial charge is 0.270 e. The SMILES string of the molecule is Cc1ccc2cc(C(=O)N3CCCC3CCN3CCC(c4ncn5ccccc45)CC3)[nH]c2c1. The number of pyridine rings is 1. The van der Waals surface area contributed by atoms with Crippen LogP contribution in [0.2, 0.25) is 0 Å². The number of amides is 1. The van der Waals surface area contributed by atoms with Crippen molar-refractivity contribution < 1.29 is 4.79 Å². The second kappa shape index (κ2) is 8.91. The first-order valence-corrected chi connectivity index (χ1v) is 12.7. The number of imidazole rings is 1. The maximum atomic E-state index is 13.3. The standard InChI is InChI=1S/C28H33N5O/c1-20-7-8-22-18-25(30-24(22)17-20)28(34)33-13-4-5-23(33)11-16-31-14-9-21(10-15-31)27-26-6-2-3-12-32(26)19-29-27/h2-3,6-8,12,17-19,21,23,30H,4-5,9-11,13-16H2,1H3. The molecule has 176 valence electrons. The number of likely N-dealkylation sites (tertiary alicyclic amines) is 2. The summed E-state index contributed by atoms with van der Waals surface area (Å²) in [6, 6.07) is 15.0. The molecule has 0 spiro atoms. The molecular weight excluding hydrogens is 422 g/mol. The number of hydrogen-bond acceptors (Lipinski definition) is 3. The van der Waals surface area contributed by atoms with Gasteiger partial charge in [0.2, 0.25) is 0 Å². The van der Waals surface area contributed by atoms with Gasteiger partial charge in [0.15, 0.2) is 0 Å². The van der Waals surface area contributed by atoms with Gasteiger partial charge in [0.1, 0.15) is 5.69 Å². The predicted molar refractivity (Wildman–Crippen MR) is 135 cm³/mol. The average Bonchev–Trinajstić information content (AvgIpc) is 3.60. The van der Waals surface area contributed by atoms with Crippen molar-refractivity contribution in [1.82, 2.24) is 24.2 Å². The number of aromatic amines is 1. The van der Waals surface area contributed by atoms with E-state index < -0.39 is 0 Å². The number of nitrogens with one attached hydrogen (secondary N) is 1. The van der Waals surface area contributed by atoms with E-state index in [0.717, 1.165) is 74.9 Å². The van der Waals surface area contributed by atoms with Gasteiger partial charge in [-0.3, -0.25) is 4.79 Å². The number of aryl methyl sites for hydroxylation is 1. The molecule has 0 bridgehead atoms. The number of aromatic nitrogens is 3. The first-order valence-electron chi connectivity index (χ1n) is 12.7. The molecule has 1 aromatic carbocycles. The van der Waals surface area contributed by atoms with Gasteiger partial charge in [-0.2, -0.15) is 0 Å². The summed E-state index contributed by atoms with van der Waals surface area (Å²) in [6.45, 7) is 6.24. The summed E-state index contributed by atoms with van der Waals surface area (Å²) in [5, 5.41) is 1.11. The van der Waals surface area contributed by atoms with Crippen molar-refractivity contribution in [3.63, 3.8) is 0 Å². The minimum Gasteiger partial charge on any atom is -0.351 e. The fourth-order valence-corrected chi connectivity index (χ4v) is 5.95. The molecule has 2 aliphatic heterocycles.